The van der Waals surface area contributed by atoms with Gasteiger partial charge in [-0.25, -0.2) is 4.98 Å². The van der Waals surface area contributed by atoms with Crippen LogP contribution in [0, 0.1) is 6.92 Å². The van der Waals surface area contributed by atoms with E-state index in [1.165, 1.54) is 29.5 Å². The van der Waals surface area contributed by atoms with Crippen LogP contribution in [0.1, 0.15) is 46.7 Å². The lowest BCUT2D eigenvalue weighted by molar-refractivity contribution is 0.217. The third-order valence-corrected chi connectivity index (χ3v) is 6.60. The lowest BCUT2D eigenvalue weighted by Gasteiger charge is -2.21. The summed E-state index contributed by atoms with van der Waals surface area (Å²) in [5.41, 5.74) is 5.00. The average Bonchev–Trinajstić information content (AvgIpc) is 3.41. The van der Waals surface area contributed by atoms with Crippen molar-refractivity contribution < 1.29 is 4.42 Å². The van der Waals surface area contributed by atoms with Gasteiger partial charge in [-0.3, -0.25) is 4.90 Å². The minimum absolute atomic E-state index is 0.602. The number of aromatic nitrogens is 2. The Bertz CT molecular complexity index is 1190. The fourth-order valence-corrected chi connectivity index (χ4v) is 4.41. The summed E-state index contributed by atoms with van der Waals surface area (Å²) >= 11 is 6.38. The zero-order chi connectivity index (χ0) is 21.9. The van der Waals surface area contributed by atoms with Crippen molar-refractivity contribution >= 4 is 11.6 Å². The summed E-state index contributed by atoms with van der Waals surface area (Å²) in [6, 6.07) is 19.4. The Hall–Kier alpha value is -2.82. The Balaban J connectivity index is 1.27. The summed E-state index contributed by atoms with van der Waals surface area (Å²) in [6.07, 6.45) is 9.21. The Morgan fingerprint density at radius 3 is 2.62 bits per heavy atom. The van der Waals surface area contributed by atoms with Crippen LogP contribution >= 0.6 is 11.6 Å². The van der Waals surface area contributed by atoms with Crippen LogP contribution in [0.3, 0.4) is 0 Å². The van der Waals surface area contributed by atoms with E-state index < -0.39 is 0 Å². The van der Waals surface area contributed by atoms with Crippen molar-refractivity contribution in [2.24, 2.45) is 0 Å². The molecule has 0 radical (unpaired) electrons. The molecule has 4 aromatic rings. The number of halogens is 1. The van der Waals surface area contributed by atoms with E-state index in [0.717, 1.165) is 48.2 Å². The highest BCUT2D eigenvalue weighted by molar-refractivity contribution is 6.31. The van der Waals surface area contributed by atoms with Gasteiger partial charge in [-0.05, 0) is 54.2 Å². The highest BCUT2D eigenvalue weighted by atomic mass is 35.5. The zero-order valence-corrected chi connectivity index (χ0v) is 19.1. The van der Waals surface area contributed by atoms with Gasteiger partial charge in [-0.15, -0.1) is 0 Å². The predicted molar refractivity (Wildman–Crippen MR) is 128 cm³/mol. The number of furan rings is 1. The van der Waals surface area contributed by atoms with Crippen LogP contribution in [-0.2, 0) is 26.1 Å². The first-order valence-corrected chi connectivity index (χ1v) is 11.6. The van der Waals surface area contributed by atoms with Gasteiger partial charge in [-0.2, -0.15) is 0 Å². The molecule has 164 valence electrons. The lowest BCUT2D eigenvalue weighted by atomic mass is 10.0. The van der Waals surface area contributed by atoms with Crippen molar-refractivity contribution in [2.45, 2.75) is 51.9 Å². The van der Waals surface area contributed by atoms with Crippen molar-refractivity contribution in [1.29, 1.82) is 0 Å². The van der Waals surface area contributed by atoms with Crippen molar-refractivity contribution in [3.05, 3.63) is 112 Å². The molecular weight excluding hydrogens is 418 g/mol. The molecule has 1 saturated carbocycles. The average molecular weight is 446 g/mol. The Morgan fingerprint density at radius 1 is 1.06 bits per heavy atom. The first-order chi connectivity index (χ1) is 15.7. The third kappa shape index (κ3) is 4.98. The second kappa shape index (κ2) is 9.35. The Morgan fingerprint density at radius 2 is 1.84 bits per heavy atom. The van der Waals surface area contributed by atoms with Gasteiger partial charge < -0.3 is 8.98 Å². The molecule has 0 aliphatic heterocycles. The third-order valence-electron chi connectivity index (χ3n) is 6.23. The van der Waals surface area contributed by atoms with Crippen LogP contribution in [0.2, 0.25) is 5.02 Å². The highest BCUT2D eigenvalue weighted by Gasteiger charge is 2.30. The molecule has 1 aliphatic carbocycles. The second-order valence-corrected chi connectivity index (χ2v) is 9.13. The van der Waals surface area contributed by atoms with Gasteiger partial charge in [0.2, 0.25) is 0 Å². The van der Waals surface area contributed by atoms with Crippen LogP contribution in [0.15, 0.2) is 77.7 Å². The Labute approximate surface area is 194 Å². The summed E-state index contributed by atoms with van der Waals surface area (Å²) in [5, 5.41) is 0.794. The number of hydrogen-bond acceptors (Lipinski definition) is 3. The fraction of sp³-hybridized carbons (Fsp3) is 0.296. The molecule has 0 spiro atoms. The van der Waals surface area contributed by atoms with Crippen LogP contribution in [0.5, 0.6) is 0 Å². The molecule has 2 aromatic carbocycles. The van der Waals surface area contributed by atoms with Gasteiger partial charge >= 0.3 is 0 Å². The molecule has 5 heteroatoms. The molecule has 0 N–H and O–H groups in total. The number of hydrogen-bond donors (Lipinski definition) is 0. The van der Waals surface area contributed by atoms with Gasteiger partial charge in [0.15, 0.2) is 0 Å². The largest absolute Gasteiger partial charge is 0.468 e. The second-order valence-electron chi connectivity index (χ2n) is 8.72. The van der Waals surface area contributed by atoms with E-state index in [4.69, 9.17) is 16.0 Å². The van der Waals surface area contributed by atoms with E-state index in [1.807, 2.05) is 36.9 Å². The first kappa shape index (κ1) is 21.0. The van der Waals surface area contributed by atoms with E-state index in [9.17, 15) is 0 Å². The van der Waals surface area contributed by atoms with Gasteiger partial charge in [0.05, 0.1) is 25.9 Å². The van der Waals surface area contributed by atoms with Crippen LogP contribution in [-0.4, -0.2) is 20.5 Å². The molecule has 1 aliphatic rings. The molecule has 4 nitrogen and oxygen atoms in total. The number of rotatable bonds is 9. The zero-order valence-electron chi connectivity index (χ0n) is 18.4. The maximum atomic E-state index is 6.38. The Kier molecular flexibility index (Phi) is 6.15. The van der Waals surface area contributed by atoms with Crippen LogP contribution in [0.4, 0.5) is 0 Å². The quantitative estimate of drug-likeness (QED) is 0.305. The maximum absolute atomic E-state index is 6.38. The molecular formula is C27H28ClN3O. The summed E-state index contributed by atoms with van der Waals surface area (Å²) in [6.45, 7) is 4.50. The summed E-state index contributed by atoms with van der Waals surface area (Å²) in [4.78, 5) is 7.14. The molecule has 0 atom stereocenters. The first-order valence-electron chi connectivity index (χ1n) is 11.2. The van der Waals surface area contributed by atoms with Crippen LogP contribution in [0.25, 0.3) is 0 Å². The molecule has 2 aromatic heterocycles. The number of benzene rings is 2. The van der Waals surface area contributed by atoms with Gasteiger partial charge in [-0.1, -0.05) is 54.1 Å². The normalized spacial score (nSPS) is 13.7. The van der Waals surface area contributed by atoms with Gasteiger partial charge in [0.25, 0.3) is 0 Å². The van der Waals surface area contributed by atoms with Gasteiger partial charge in [0, 0.05) is 29.9 Å². The maximum Gasteiger partial charge on any atom is 0.123 e. The smallest absolute Gasteiger partial charge is 0.123 e. The van der Waals surface area contributed by atoms with Crippen molar-refractivity contribution in [3.8, 4) is 0 Å². The van der Waals surface area contributed by atoms with E-state index in [2.05, 4.69) is 57.8 Å². The molecule has 32 heavy (non-hydrogen) atoms. The molecule has 1 fully saturated rings. The molecule has 0 bridgehead atoms. The summed E-state index contributed by atoms with van der Waals surface area (Å²) in [7, 11) is 0. The van der Waals surface area contributed by atoms with Crippen molar-refractivity contribution in [1.82, 2.24) is 14.5 Å². The summed E-state index contributed by atoms with van der Waals surface area (Å²) in [5.74, 6) is 2.08. The van der Waals surface area contributed by atoms with Crippen molar-refractivity contribution in [2.75, 3.05) is 0 Å². The number of imidazole rings is 1. The lowest BCUT2D eigenvalue weighted by Crippen LogP contribution is -2.26. The topological polar surface area (TPSA) is 34.2 Å². The van der Waals surface area contributed by atoms with E-state index in [0.29, 0.717) is 6.04 Å². The highest BCUT2D eigenvalue weighted by Crippen LogP contribution is 2.30. The molecule has 5 rings (SSSR count). The van der Waals surface area contributed by atoms with E-state index in [-0.39, 0.29) is 0 Å². The number of nitrogens with zero attached hydrogens (tertiary/aromatic N) is 3. The SMILES string of the molecule is Cc1ccccc1Cc1coc(CN(Cc2nccn2Cc2ccccc2Cl)C2CC2)c1. The van der Waals surface area contributed by atoms with Gasteiger partial charge in [0.1, 0.15) is 11.6 Å². The predicted octanol–water partition coefficient (Wildman–Crippen LogP) is 6.24. The minimum atomic E-state index is 0.602. The van der Waals surface area contributed by atoms with Crippen LogP contribution < -0.4 is 0 Å². The molecule has 0 amide bonds. The van der Waals surface area contributed by atoms with E-state index in [1.54, 1.807) is 0 Å². The summed E-state index contributed by atoms with van der Waals surface area (Å²) < 4.78 is 8.16. The fourth-order valence-electron chi connectivity index (χ4n) is 4.21. The minimum Gasteiger partial charge on any atom is -0.468 e. The molecule has 2 heterocycles. The van der Waals surface area contributed by atoms with E-state index >= 15 is 0 Å². The monoisotopic (exact) mass is 445 g/mol. The molecule has 0 unspecified atom stereocenters. The number of aryl methyl sites for hydroxylation is 1. The molecule has 0 saturated heterocycles. The van der Waals surface area contributed by atoms with Crippen molar-refractivity contribution in [3.63, 3.8) is 0 Å². The standard InChI is InChI=1S/C27H28ClN3O/c1-20-6-2-3-7-22(20)14-21-15-25(32-19-21)17-31(24-10-11-24)18-27-29-12-13-30(27)16-23-8-4-5-9-26(23)28/h2-9,12-13,15,19,24H,10-11,14,16-18H2,1H3.